The van der Waals surface area contributed by atoms with Gasteiger partial charge in [0.05, 0.1) is 37.6 Å². The molecule has 4 heterocycles. The van der Waals surface area contributed by atoms with Crippen molar-refractivity contribution in [3.63, 3.8) is 0 Å². The third-order valence-electron chi connectivity index (χ3n) is 16.3. The fourth-order valence-electron chi connectivity index (χ4n) is 14.1. The van der Waals surface area contributed by atoms with Crippen LogP contribution in [0.3, 0.4) is 0 Å². The van der Waals surface area contributed by atoms with E-state index in [1.54, 1.807) is 0 Å². The Morgan fingerprint density at radius 2 is 1.40 bits per heavy atom. The summed E-state index contributed by atoms with van der Waals surface area (Å²) in [7, 11) is 0. The van der Waals surface area contributed by atoms with Gasteiger partial charge in [0.1, 0.15) is 36.6 Å². The molecule has 12 heteroatoms. The number of fused-ring (bicyclic) bond motifs is 4. The smallest absolute Gasteiger partial charge is 0.186 e. The third-order valence-corrected chi connectivity index (χ3v) is 16.3. The van der Waals surface area contributed by atoms with Gasteiger partial charge in [-0.3, -0.25) is 0 Å². The van der Waals surface area contributed by atoms with Crippen LogP contribution >= 0.6 is 0 Å². The molecule has 4 saturated heterocycles. The highest BCUT2D eigenvalue weighted by molar-refractivity contribution is 5.27. The minimum atomic E-state index is -1.38. The molecule has 12 nitrogen and oxygen atoms in total. The Kier molecular flexibility index (Phi) is 9.27. The number of ether oxygens (including phenoxy) is 6. The van der Waals surface area contributed by atoms with Crippen LogP contribution in [0.5, 0.6) is 0 Å². The Bertz CT molecular complexity index is 1400. The van der Waals surface area contributed by atoms with E-state index in [1.807, 2.05) is 0 Å². The van der Waals surface area contributed by atoms with Gasteiger partial charge in [-0.15, -0.1) is 0 Å². The standard InChI is InChI=1S/C40H64O12/c1-20(2)14-21-15-38(7,52-34-31(46)29(44)24(42)17-48-34)32-22-8-9-26-36(5)12-11-27(50-33-30(45)28(43)23(41)16-47-33)35(3,4)25(36)10-13-37(26,6)39(22)18-40(32,51-21)49-19-39/h14,21-34,41-46H,8-13,15-19H2,1-7H3/t21-,22+,23-,24-,25-,26+,27-,28-,29-,30+,31+,32-,33-,34-,36-,37+,38-,39-,40+/m0/s1. The minimum Gasteiger partial charge on any atom is -0.388 e. The molecule has 0 aromatic heterocycles. The number of aliphatic hydroxyl groups is 6. The van der Waals surface area contributed by atoms with Gasteiger partial charge in [-0.25, -0.2) is 0 Å². The van der Waals surface area contributed by atoms with E-state index in [-0.39, 0.29) is 58.9 Å². The van der Waals surface area contributed by atoms with Crippen molar-refractivity contribution in [2.75, 3.05) is 19.8 Å². The molecule has 0 unspecified atom stereocenters. The third kappa shape index (κ3) is 5.29. The number of allylic oxidation sites excluding steroid dienone is 1. The molecule has 52 heavy (non-hydrogen) atoms. The van der Waals surface area contributed by atoms with Crippen LogP contribution in [0.1, 0.15) is 99.8 Å². The van der Waals surface area contributed by atoms with Crippen molar-refractivity contribution in [1.29, 1.82) is 0 Å². The fourth-order valence-corrected chi connectivity index (χ4v) is 14.1. The Balaban J connectivity index is 1.09. The Morgan fingerprint density at radius 3 is 2.08 bits per heavy atom. The molecule has 0 amide bonds. The molecule has 0 aromatic rings. The first-order valence-corrected chi connectivity index (χ1v) is 19.9. The molecule has 0 aromatic carbocycles. The maximum atomic E-state index is 11.0. The van der Waals surface area contributed by atoms with E-state index < -0.39 is 60.6 Å². The van der Waals surface area contributed by atoms with E-state index in [4.69, 9.17) is 28.4 Å². The van der Waals surface area contributed by atoms with Gasteiger partial charge in [0.2, 0.25) is 0 Å². The van der Waals surface area contributed by atoms with Crippen molar-refractivity contribution in [3.8, 4) is 0 Å². The van der Waals surface area contributed by atoms with E-state index in [0.717, 1.165) is 50.5 Å². The largest absolute Gasteiger partial charge is 0.388 e. The van der Waals surface area contributed by atoms with Gasteiger partial charge in [0, 0.05) is 24.2 Å². The summed E-state index contributed by atoms with van der Waals surface area (Å²) in [6, 6.07) is 0. The molecule has 296 valence electrons. The molecule has 8 aliphatic rings. The summed E-state index contributed by atoms with van der Waals surface area (Å²) in [6.07, 6.45) is -0.789. The summed E-state index contributed by atoms with van der Waals surface area (Å²) in [6.45, 7) is 16.3. The van der Waals surface area contributed by atoms with Crippen LogP contribution in [0.4, 0.5) is 0 Å². The molecule has 19 atom stereocenters. The molecule has 0 radical (unpaired) electrons. The molecule has 4 aliphatic carbocycles. The molecule has 2 spiro atoms. The van der Waals surface area contributed by atoms with E-state index >= 15 is 0 Å². The first kappa shape index (κ1) is 38.1. The Labute approximate surface area is 308 Å². The summed E-state index contributed by atoms with van der Waals surface area (Å²) in [5, 5.41) is 62.8. The number of aliphatic hydroxyl groups excluding tert-OH is 6. The predicted molar refractivity (Wildman–Crippen MR) is 186 cm³/mol. The van der Waals surface area contributed by atoms with E-state index in [1.165, 1.54) is 0 Å². The summed E-state index contributed by atoms with van der Waals surface area (Å²) in [4.78, 5) is 0. The molecule has 4 aliphatic heterocycles. The first-order valence-electron chi connectivity index (χ1n) is 19.9. The second-order valence-electron chi connectivity index (χ2n) is 19.7. The number of hydrogen-bond donors (Lipinski definition) is 6. The van der Waals surface area contributed by atoms with Gasteiger partial charge in [-0.05, 0) is 93.3 Å². The van der Waals surface area contributed by atoms with Crippen LogP contribution in [0, 0.1) is 45.3 Å². The van der Waals surface area contributed by atoms with Gasteiger partial charge < -0.3 is 59.1 Å². The van der Waals surface area contributed by atoms with Crippen LogP contribution in [0.25, 0.3) is 0 Å². The summed E-state index contributed by atoms with van der Waals surface area (Å²) in [5.74, 6) is 0.0832. The van der Waals surface area contributed by atoms with E-state index in [2.05, 4.69) is 54.5 Å². The molecule has 4 saturated carbocycles. The van der Waals surface area contributed by atoms with Crippen LogP contribution in [-0.4, -0.2) is 123 Å². The van der Waals surface area contributed by atoms with Crippen molar-refractivity contribution in [2.45, 2.75) is 173 Å². The first-order chi connectivity index (χ1) is 24.3. The van der Waals surface area contributed by atoms with Crippen molar-refractivity contribution in [2.24, 2.45) is 45.3 Å². The average molecular weight is 737 g/mol. The molecule has 6 N–H and O–H groups in total. The van der Waals surface area contributed by atoms with Gasteiger partial charge in [-0.1, -0.05) is 39.3 Å². The van der Waals surface area contributed by atoms with Crippen molar-refractivity contribution >= 4 is 0 Å². The highest BCUT2D eigenvalue weighted by atomic mass is 16.7. The lowest BCUT2D eigenvalue weighted by Crippen LogP contribution is -2.68. The van der Waals surface area contributed by atoms with E-state index in [0.29, 0.717) is 24.9 Å². The highest BCUT2D eigenvalue weighted by Gasteiger charge is 2.81. The molecule has 8 fully saturated rings. The zero-order chi connectivity index (χ0) is 37.4. The number of rotatable bonds is 5. The zero-order valence-electron chi connectivity index (χ0n) is 32.1. The Morgan fingerprint density at radius 1 is 0.750 bits per heavy atom. The quantitative estimate of drug-likeness (QED) is 0.180. The number of hydrogen-bond acceptors (Lipinski definition) is 12. The summed E-state index contributed by atoms with van der Waals surface area (Å²) in [5.41, 5.74) is -0.0373. The second kappa shape index (κ2) is 12.6. The van der Waals surface area contributed by atoms with Crippen molar-refractivity contribution < 1.29 is 59.1 Å². The Hall–Kier alpha value is -0.740. The van der Waals surface area contributed by atoms with Gasteiger partial charge in [0.25, 0.3) is 0 Å². The minimum absolute atomic E-state index is 0.0314. The zero-order valence-corrected chi connectivity index (χ0v) is 32.1. The predicted octanol–water partition coefficient (Wildman–Crippen LogP) is 2.78. The maximum absolute atomic E-state index is 11.0. The maximum Gasteiger partial charge on any atom is 0.186 e. The SMILES string of the molecule is CC(C)=C[C@H]1C[C@](C)(O[C@@H]2OC[C@H](O)[C@H](O)[C@H]2O)[C@@H]2[C@H]3CC[C@@H]4[C@@]5(C)CC[C@H](O[C@@H]6OC[C@H](O)[C@H](O)[C@H]6O)C(C)(C)[C@@H]5CC[C@@]4(C)[C@@]34CO[C@]2(C4)O1. The lowest BCUT2D eigenvalue weighted by Gasteiger charge is -2.70. The lowest BCUT2D eigenvalue weighted by molar-refractivity contribution is -0.379. The second-order valence-corrected chi connectivity index (χ2v) is 19.7. The van der Waals surface area contributed by atoms with E-state index in [9.17, 15) is 30.6 Å². The lowest BCUT2D eigenvalue weighted by atomic mass is 9.35. The van der Waals surface area contributed by atoms with Gasteiger partial charge in [0.15, 0.2) is 18.4 Å². The van der Waals surface area contributed by atoms with Crippen molar-refractivity contribution in [1.82, 2.24) is 0 Å². The summed E-state index contributed by atoms with van der Waals surface area (Å²) < 4.78 is 39.0. The molecule has 2 bridgehead atoms. The van der Waals surface area contributed by atoms with Crippen LogP contribution < -0.4 is 0 Å². The molecular formula is C40H64O12. The monoisotopic (exact) mass is 736 g/mol. The van der Waals surface area contributed by atoms with Crippen molar-refractivity contribution in [3.05, 3.63) is 11.6 Å². The van der Waals surface area contributed by atoms with Crippen LogP contribution in [-0.2, 0) is 28.4 Å². The van der Waals surface area contributed by atoms with Gasteiger partial charge >= 0.3 is 0 Å². The topological polar surface area (TPSA) is 177 Å². The molecule has 8 rings (SSSR count). The van der Waals surface area contributed by atoms with Crippen LogP contribution in [0.2, 0.25) is 0 Å². The fraction of sp³-hybridized carbons (Fsp3) is 0.950. The van der Waals surface area contributed by atoms with Gasteiger partial charge in [-0.2, -0.15) is 0 Å². The summed E-state index contributed by atoms with van der Waals surface area (Å²) >= 11 is 0. The molecular weight excluding hydrogens is 672 g/mol. The average Bonchev–Trinajstić information content (AvgIpc) is 3.59. The van der Waals surface area contributed by atoms with Crippen LogP contribution in [0.15, 0.2) is 11.6 Å². The highest BCUT2D eigenvalue weighted by Crippen LogP contribution is 2.80. The normalized spacial score (nSPS) is 58.0.